The van der Waals surface area contributed by atoms with Crippen LogP contribution < -0.4 is 4.90 Å². The number of morpholine rings is 1. The molecule has 1 amide bonds. The number of carbonyl (C=O) groups is 1. The van der Waals surface area contributed by atoms with E-state index in [9.17, 15) is 9.18 Å². The van der Waals surface area contributed by atoms with Crippen molar-refractivity contribution in [3.05, 3.63) is 30.1 Å². The van der Waals surface area contributed by atoms with E-state index < -0.39 is 0 Å². The van der Waals surface area contributed by atoms with Gasteiger partial charge in [0.2, 0.25) is 11.9 Å². The Morgan fingerprint density at radius 1 is 1.31 bits per heavy atom. The van der Waals surface area contributed by atoms with Crippen molar-refractivity contribution in [3.63, 3.8) is 0 Å². The molecule has 1 aromatic heterocycles. The molecule has 1 saturated heterocycles. The quantitative estimate of drug-likeness (QED) is 0.739. The van der Waals surface area contributed by atoms with E-state index in [0.29, 0.717) is 43.1 Å². The van der Waals surface area contributed by atoms with Crippen LogP contribution in [0.4, 0.5) is 10.3 Å². The molecule has 0 bridgehead atoms. The van der Waals surface area contributed by atoms with Gasteiger partial charge in [0.05, 0.1) is 24.2 Å². The van der Waals surface area contributed by atoms with Gasteiger partial charge in [0.25, 0.3) is 0 Å². The Morgan fingerprint density at radius 3 is 2.69 bits per heavy atom. The average molecular weight is 379 g/mol. The van der Waals surface area contributed by atoms with Crippen LogP contribution in [0.25, 0.3) is 5.69 Å². The molecule has 1 unspecified atom stereocenters. The smallest absolute Gasteiger partial charge is 0.235 e. The van der Waals surface area contributed by atoms with Crippen molar-refractivity contribution in [2.75, 3.05) is 45.3 Å². The fourth-order valence-electron chi connectivity index (χ4n) is 2.72. The zero-order chi connectivity index (χ0) is 18.7. The summed E-state index contributed by atoms with van der Waals surface area (Å²) in [5, 5.41) is 8.82. The van der Waals surface area contributed by atoms with Crippen LogP contribution in [0.1, 0.15) is 6.92 Å². The average Bonchev–Trinajstić information content (AvgIpc) is 3.05. The lowest BCUT2D eigenvalue weighted by atomic mass is 10.3. The van der Waals surface area contributed by atoms with Crippen molar-refractivity contribution < 1.29 is 13.9 Å². The largest absolute Gasteiger partial charge is 0.378 e. The predicted octanol–water partition coefficient (Wildman–Crippen LogP) is 1.81. The number of hydrogen-bond donors (Lipinski definition) is 0. The predicted molar refractivity (Wildman–Crippen MR) is 98.4 cm³/mol. The van der Waals surface area contributed by atoms with Crippen molar-refractivity contribution >= 4 is 23.6 Å². The molecule has 9 heteroatoms. The van der Waals surface area contributed by atoms with Crippen LogP contribution in [-0.4, -0.2) is 71.2 Å². The summed E-state index contributed by atoms with van der Waals surface area (Å²) in [7, 11) is 3.44. The molecule has 0 spiro atoms. The molecule has 1 fully saturated rings. The Kier molecular flexibility index (Phi) is 5.77. The Hall–Kier alpha value is -2.13. The first-order chi connectivity index (χ1) is 12.5. The number of benzene rings is 1. The highest BCUT2D eigenvalue weighted by atomic mass is 32.2. The van der Waals surface area contributed by atoms with Gasteiger partial charge in [-0.3, -0.25) is 9.36 Å². The van der Waals surface area contributed by atoms with Crippen LogP contribution in [-0.2, 0) is 9.53 Å². The number of halogens is 1. The van der Waals surface area contributed by atoms with E-state index in [4.69, 9.17) is 4.74 Å². The van der Waals surface area contributed by atoms with Crippen LogP contribution in [0.15, 0.2) is 29.4 Å². The normalized spacial score (nSPS) is 15.8. The molecule has 1 aliphatic rings. The molecule has 3 rings (SSSR count). The minimum Gasteiger partial charge on any atom is -0.378 e. The Morgan fingerprint density at radius 2 is 2.04 bits per heavy atom. The van der Waals surface area contributed by atoms with Crippen LogP contribution in [0.5, 0.6) is 0 Å². The van der Waals surface area contributed by atoms with E-state index in [1.54, 1.807) is 35.7 Å². The van der Waals surface area contributed by atoms with Crippen LogP contribution >= 0.6 is 11.8 Å². The Labute approximate surface area is 156 Å². The molecule has 2 heterocycles. The number of amides is 1. The fraction of sp³-hybridized carbons (Fsp3) is 0.471. The molecule has 7 nitrogen and oxygen atoms in total. The zero-order valence-electron chi connectivity index (χ0n) is 15.1. The molecule has 1 atom stereocenters. The highest BCUT2D eigenvalue weighted by molar-refractivity contribution is 8.00. The summed E-state index contributed by atoms with van der Waals surface area (Å²) in [6.45, 7) is 4.41. The third kappa shape index (κ3) is 3.99. The van der Waals surface area contributed by atoms with Crippen molar-refractivity contribution in [2.24, 2.45) is 0 Å². The van der Waals surface area contributed by atoms with Gasteiger partial charge in [-0.1, -0.05) is 17.8 Å². The monoisotopic (exact) mass is 379 g/mol. The Bertz CT molecular complexity index is 776. The second-order valence-corrected chi connectivity index (χ2v) is 7.50. The summed E-state index contributed by atoms with van der Waals surface area (Å²) in [6, 6.07) is 6.29. The number of nitrogens with zero attached hydrogens (tertiary/aromatic N) is 5. The van der Waals surface area contributed by atoms with E-state index in [1.165, 1.54) is 23.9 Å². The second kappa shape index (κ2) is 8.05. The first-order valence-corrected chi connectivity index (χ1v) is 9.27. The molecular formula is C17H22FN5O2S. The molecule has 0 N–H and O–H groups in total. The van der Waals surface area contributed by atoms with Gasteiger partial charge in [-0.2, -0.15) is 0 Å². The fourth-order valence-corrected chi connectivity index (χ4v) is 3.73. The summed E-state index contributed by atoms with van der Waals surface area (Å²) >= 11 is 1.31. The number of carbonyl (C=O) groups excluding carboxylic acids is 1. The van der Waals surface area contributed by atoms with Gasteiger partial charge in [0.15, 0.2) is 5.16 Å². The van der Waals surface area contributed by atoms with Gasteiger partial charge in [-0.25, -0.2) is 4.39 Å². The minimum absolute atomic E-state index is 0.0169. The maximum absolute atomic E-state index is 13.8. The van der Waals surface area contributed by atoms with E-state index in [2.05, 4.69) is 15.1 Å². The molecule has 26 heavy (non-hydrogen) atoms. The van der Waals surface area contributed by atoms with Gasteiger partial charge in [-0.15, -0.1) is 10.2 Å². The van der Waals surface area contributed by atoms with Crippen molar-refractivity contribution in [2.45, 2.75) is 17.3 Å². The number of aromatic nitrogens is 3. The number of ether oxygens (including phenoxy) is 1. The summed E-state index contributed by atoms with van der Waals surface area (Å²) in [6.07, 6.45) is 0. The maximum atomic E-state index is 13.8. The maximum Gasteiger partial charge on any atom is 0.235 e. The molecule has 1 aliphatic heterocycles. The van der Waals surface area contributed by atoms with Crippen LogP contribution in [0.2, 0.25) is 0 Å². The summed E-state index contributed by atoms with van der Waals surface area (Å²) in [5.41, 5.74) is 0.628. The van der Waals surface area contributed by atoms with E-state index >= 15 is 0 Å². The molecule has 0 saturated carbocycles. The van der Waals surface area contributed by atoms with Crippen LogP contribution in [0, 0.1) is 5.82 Å². The lowest BCUT2D eigenvalue weighted by molar-refractivity contribution is -0.127. The highest BCUT2D eigenvalue weighted by Gasteiger charge is 2.25. The highest BCUT2D eigenvalue weighted by Crippen LogP contribution is 2.30. The second-order valence-electron chi connectivity index (χ2n) is 6.19. The van der Waals surface area contributed by atoms with E-state index in [0.717, 1.165) is 0 Å². The van der Waals surface area contributed by atoms with E-state index in [-0.39, 0.29) is 17.0 Å². The number of rotatable bonds is 5. The van der Waals surface area contributed by atoms with Gasteiger partial charge in [0, 0.05) is 27.2 Å². The summed E-state index contributed by atoms with van der Waals surface area (Å²) in [4.78, 5) is 15.8. The third-order valence-corrected chi connectivity index (χ3v) is 5.08. The zero-order valence-corrected chi connectivity index (χ0v) is 15.9. The lowest BCUT2D eigenvalue weighted by Crippen LogP contribution is -2.38. The number of hydrogen-bond acceptors (Lipinski definition) is 6. The minimum atomic E-state index is -0.336. The van der Waals surface area contributed by atoms with Crippen molar-refractivity contribution in [1.82, 2.24) is 19.7 Å². The van der Waals surface area contributed by atoms with E-state index in [1.807, 2.05) is 6.92 Å². The molecule has 0 aliphatic carbocycles. The number of thioether (sulfide) groups is 1. The SMILES string of the molecule is CC(Sc1nnc(N2CCOCC2)n1-c1cccc(F)c1)C(=O)N(C)C. The van der Waals surface area contributed by atoms with Crippen molar-refractivity contribution in [3.8, 4) is 5.69 Å². The Balaban J connectivity index is 1.98. The van der Waals surface area contributed by atoms with Gasteiger partial charge in [-0.05, 0) is 25.1 Å². The van der Waals surface area contributed by atoms with Crippen LogP contribution in [0.3, 0.4) is 0 Å². The first kappa shape index (κ1) is 18.7. The first-order valence-electron chi connectivity index (χ1n) is 8.39. The van der Waals surface area contributed by atoms with Gasteiger partial charge in [0.1, 0.15) is 5.82 Å². The molecule has 1 aromatic carbocycles. The molecule has 140 valence electrons. The van der Waals surface area contributed by atoms with Crippen molar-refractivity contribution in [1.29, 1.82) is 0 Å². The topological polar surface area (TPSA) is 63.5 Å². The number of anilines is 1. The summed E-state index contributed by atoms with van der Waals surface area (Å²) < 4.78 is 21.0. The van der Waals surface area contributed by atoms with Gasteiger partial charge < -0.3 is 14.5 Å². The molecule has 0 radical (unpaired) electrons. The lowest BCUT2D eigenvalue weighted by Gasteiger charge is -2.28. The summed E-state index contributed by atoms with van der Waals surface area (Å²) in [5.74, 6) is 0.278. The molecular weight excluding hydrogens is 357 g/mol. The standard InChI is InChI=1S/C17H22FN5O2S/c1-12(15(24)21(2)3)26-17-20-19-16(22-7-9-25-10-8-22)23(17)14-6-4-5-13(18)11-14/h4-6,11-12H,7-10H2,1-3H3. The van der Waals surface area contributed by atoms with Gasteiger partial charge >= 0.3 is 0 Å². The molecule has 2 aromatic rings. The third-order valence-electron chi connectivity index (χ3n) is 4.05.